The molecule has 2 aromatic rings. The van der Waals surface area contributed by atoms with Crippen LogP contribution >= 0.6 is 23.2 Å². The first-order valence-electron chi connectivity index (χ1n) is 7.98. The third-order valence-corrected chi connectivity index (χ3v) is 4.69. The van der Waals surface area contributed by atoms with Gasteiger partial charge in [-0.05, 0) is 26.1 Å². The molecule has 25 heavy (non-hydrogen) atoms. The Labute approximate surface area is 156 Å². The number of piperazine rings is 1. The molecule has 0 saturated carbocycles. The summed E-state index contributed by atoms with van der Waals surface area (Å²) in [6.07, 6.45) is 0. The molecule has 0 atom stereocenters. The first-order valence-corrected chi connectivity index (χ1v) is 8.74. The number of para-hydroxylation sites is 1. The molecular formula is C17H19Cl2N5O. The predicted molar refractivity (Wildman–Crippen MR) is 99.9 cm³/mol. The van der Waals surface area contributed by atoms with Crippen molar-refractivity contribution in [2.45, 2.75) is 6.92 Å². The number of carbonyl (C=O) groups excluding carboxylic acids is 1. The van der Waals surface area contributed by atoms with E-state index in [9.17, 15) is 4.79 Å². The molecule has 1 aliphatic rings. The lowest BCUT2D eigenvalue weighted by Crippen LogP contribution is -2.47. The molecule has 0 bridgehead atoms. The Kier molecular flexibility index (Phi) is 5.42. The predicted octanol–water partition coefficient (Wildman–Crippen LogP) is 3.22. The molecule has 132 valence electrons. The molecule has 0 unspecified atom stereocenters. The first-order chi connectivity index (χ1) is 11.9. The average molecular weight is 380 g/mol. The summed E-state index contributed by atoms with van der Waals surface area (Å²) in [7, 11) is 2.05. The van der Waals surface area contributed by atoms with Gasteiger partial charge < -0.3 is 15.1 Å². The quantitative estimate of drug-likeness (QED) is 0.886. The standard InChI is InChI=1S/C17H19Cl2N5O/c1-11-20-14(17(25)24-8-6-23(2)7-9-24)10-15(21-11)22-16-12(18)4-3-5-13(16)19/h3-5,10H,6-9H2,1-2H3,(H,20,21,22). The average Bonchev–Trinajstić information content (AvgIpc) is 2.58. The number of aryl methyl sites for hydroxylation is 1. The minimum Gasteiger partial charge on any atom is -0.338 e. The van der Waals surface area contributed by atoms with Crippen molar-refractivity contribution < 1.29 is 4.79 Å². The molecule has 3 rings (SSSR count). The van der Waals surface area contributed by atoms with E-state index in [-0.39, 0.29) is 5.91 Å². The van der Waals surface area contributed by atoms with Crippen LogP contribution < -0.4 is 5.32 Å². The third-order valence-electron chi connectivity index (χ3n) is 4.06. The van der Waals surface area contributed by atoms with E-state index in [1.54, 1.807) is 31.2 Å². The van der Waals surface area contributed by atoms with Gasteiger partial charge in [0.2, 0.25) is 0 Å². The fraction of sp³-hybridized carbons (Fsp3) is 0.353. The zero-order valence-corrected chi connectivity index (χ0v) is 15.6. The highest BCUT2D eigenvalue weighted by Gasteiger charge is 2.22. The highest BCUT2D eigenvalue weighted by Crippen LogP contribution is 2.32. The van der Waals surface area contributed by atoms with E-state index in [2.05, 4.69) is 20.2 Å². The first kappa shape index (κ1) is 17.9. The van der Waals surface area contributed by atoms with Crippen LogP contribution in [-0.4, -0.2) is 58.9 Å². The Morgan fingerprint density at radius 2 is 1.76 bits per heavy atom. The summed E-state index contributed by atoms with van der Waals surface area (Å²) < 4.78 is 0. The molecule has 0 radical (unpaired) electrons. The van der Waals surface area contributed by atoms with Gasteiger partial charge in [-0.1, -0.05) is 29.3 Å². The second kappa shape index (κ2) is 7.56. The number of anilines is 2. The van der Waals surface area contributed by atoms with Gasteiger partial charge in [-0.3, -0.25) is 4.79 Å². The van der Waals surface area contributed by atoms with Crippen LogP contribution in [0.15, 0.2) is 24.3 Å². The number of aromatic nitrogens is 2. The van der Waals surface area contributed by atoms with Crippen LogP contribution in [0.1, 0.15) is 16.3 Å². The van der Waals surface area contributed by atoms with Gasteiger partial charge in [-0.2, -0.15) is 0 Å². The number of halogens is 2. The fourth-order valence-electron chi connectivity index (χ4n) is 2.66. The van der Waals surface area contributed by atoms with E-state index in [1.807, 2.05) is 11.9 Å². The van der Waals surface area contributed by atoms with Gasteiger partial charge in [0.1, 0.15) is 17.3 Å². The minimum atomic E-state index is -0.0908. The van der Waals surface area contributed by atoms with E-state index < -0.39 is 0 Å². The van der Waals surface area contributed by atoms with Gasteiger partial charge in [0, 0.05) is 32.2 Å². The summed E-state index contributed by atoms with van der Waals surface area (Å²) in [5.41, 5.74) is 0.921. The maximum absolute atomic E-state index is 12.7. The molecule has 0 spiro atoms. The zero-order valence-electron chi connectivity index (χ0n) is 14.1. The minimum absolute atomic E-state index is 0.0908. The van der Waals surface area contributed by atoms with Crippen molar-refractivity contribution in [3.63, 3.8) is 0 Å². The Morgan fingerprint density at radius 1 is 1.12 bits per heavy atom. The van der Waals surface area contributed by atoms with Crippen molar-refractivity contribution >= 4 is 40.6 Å². The van der Waals surface area contributed by atoms with E-state index in [4.69, 9.17) is 23.2 Å². The van der Waals surface area contributed by atoms with Gasteiger partial charge in [0.25, 0.3) is 5.91 Å². The summed E-state index contributed by atoms with van der Waals surface area (Å²) in [5.74, 6) is 0.900. The molecule has 1 aromatic carbocycles. The summed E-state index contributed by atoms with van der Waals surface area (Å²) in [6.45, 7) is 4.85. The Morgan fingerprint density at radius 3 is 2.40 bits per heavy atom. The molecule has 1 saturated heterocycles. The van der Waals surface area contributed by atoms with Crippen LogP contribution in [0.4, 0.5) is 11.5 Å². The number of likely N-dealkylation sites (N-methyl/N-ethyl adjacent to an activating group) is 1. The summed E-state index contributed by atoms with van der Waals surface area (Å²) in [4.78, 5) is 25.4. The van der Waals surface area contributed by atoms with Crippen molar-refractivity contribution in [3.05, 3.63) is 45.8 Å². The molecule has 1 amide bonds. The molecule has 1 N–H and O–H groups in total. The zero-order chi connectivity index (χ0) is 18.0. The van der Waals surface area contributed by atoms with Crippen molar-refractivity contribution in [2.24, 2.45) is 0 Å². The highest BCUT2D eigenvalue weighted by atomic mass is 35.5. The third kappa shape index (κ3) is 4.21. The summed E-state index contributed by atoms with van der Waals surface area (Å²) in [6, 6.07) is 6.87. The normalized spacial score (nSPS) is 15.3. The molecular weight excluding hydrogens is 361 g/mol. The SMILES string of the molecule is Cc1nc(Nc2c(Cl)cccc2Cl)cc(C(=O)N2CCN(C)CC2)n1. The topological polar surface area (TPSA) is 61.4 Å². The van der Waals surface area contributed by atoms with Crippen molar-refractivity contribution in [2.75, 3.05) is 38.5 Å². The van der Waals surface area contributed by atoms with Crippen LogP contribution in [0.2, 0.25) is 10.0 Å². The van der Waals surface area contributed by atoms with E-state index in [0.29, 0.717) is 46.2 Å². The van der Waals surface area contributed by atoms with Crippen LogP contribution in [-0.2, 0) is 0 Å². The summed E-state index contributed by atoms with van der Waals surface area (Å²) >= 11 is 12.4. The fourth-order valence-corrected chi connectivity index (χ4v) is 3.15. The van der Waals surface area contributed by atoms with Gasteiger partial charge in [-0.25, -0.2) is 9.97 Å². The van der Waals surface area contributed by atoms with Gasteiger partial charge in [0.15, 0.2) is 0 Å². The van der Waals surface area contributed by atoms with Crippen molar-refractivity contribution in [1.29, 1.82) is 0 Å². The molecule has 1 aliphatic heterocycles. The van der Waals surface area contributed by atoms with Crippen LogP contribution in [0.25, 0.3) is 0 Å². The summed E-state index contributed by atoms with van der Waals surface area (Å²) in [5, 5.41) is 4.06. The number of carbonyl (C=O) groups is 1. The molecule has 8 heteroatoms. The molecule has 0 aliphatic carbocycles. The largest absolute Gasteiger partial charge is 0.338 e. The van der Waals surface area contributed by atoms with Crippen LogP contribution in [0, 0.1) is 6.92 Å². The number of nitrogens with one attached hydrogen (secondary N) is 1. The number of rotatable bonds is 3. The maximum Gasteiger partial charge on any atom is 0.272 e. The molecule has 6 nitrogen and oxygen atoms in total. The maximum atomic E-state index is 12.7. The number of hydrogen-bond donors (Lipinski definition) is 1. The lowest BCUT2D eigenvalue weighted by Gasteiger charge is -2.32. The van der Waals surface area contributed by atoms with Gasteiger partial charge >= 0.3 is 0 Å². The van der Waals surface area contributed by atoms with Gasteiger partial charge in [0.05, 0.1) is 15.7 Å². The second-order valence-electron chi connectivity index (χ2n) is 6.00. The molecule has 1 fully saturated rings. The van der Waals surface area contributed by atoms with E-state index in [0.717, 1.165) is 13.1 Å². The van der Waals surface area contributed by atoms with E-state index >= 15 is 0 Å². The smallest absolute Gasteiger partial charge is 0.272 e. The number of benzene rings is 1. The Bertz CT molecular complexity index is 770. The van der Waals surface area contributed by atoms with Crippen molar-refractivity contribution in [1.82, 2.24) is 19.8 Å². The van der Waals surface area contributed by atoms with Crippen molar-refractivity contribution in [3.8, 4) is 0 Å². The van der Waals surface area contributed by atoms with E-state index in [1.165, 1.54) is 0 Å². The lowest BCUT2D eigenvalue weighted by atomic mass is 10.2. The number of amides is 1. The monoisotopic (exact) mass is 379 g/mol. The molecule has 2 heterocycles. The van der Waals surface area contributed by atoms with Crippen LogP contribution in [0.3, 0.4) is 0 Å². The Hall–Kier alpha value is -1.89. The molecule has 1 aromatic heterocycles. The highest BCUT2D eigenvalue weighted by molar-refractivity contribution is 6.39. The number of nitrogens with zero attached hydrogens (tertiary/aromatic N) is 4. The van der Waals surface area contributed by atoms with Gasteiger partial charge in [-0.15, -0.1) is 0 Å². The second-order valence-corrected chi connectivity index (χ2v) is 6.82. The number of hydrogen-bond acceptors (Lipinski definition) is 5. The lowest BCUT2D eigenvalue weighted by molar-refractivity contribution is 0.0658. The Balaban J connectivity index is 1.84. The van der Waals surface area contributed by atoms with Crippen LogP contribution in [0.5, 0.6) is 0 Å².